The largest absolute Gasteiger partial charge is 0.493 e. The van der Waals surface area contributed by atoms with Crippen molar-refractivity contribution in [2.45, 2.75) is 26.3 Å². The van der Waals surface area contributed by atoms with E-state index >= 15 is 0 Å². The van der Waals surface area contributed by atoms with Gasteiger partial charge in [0.25, 0.3) is 0 Å². The fourth-order valence-electron chi connectivity index (χ4n) is 2.76. The molecule has 1 aliphatic heterocycles. The summed E-state index contributed by atoms with van der Waals surface area (Å²) in [4.78, 5) is 2.44. The number of para-hydroxylation sites is 1. The minimum Gasteiger partial charge on any atom is -0.493 e. The Morgan fingerprint density at radius 3 is 2.67 bits per heavy atom. The van der Waals surface area contributed by atoms with Gasteiger partial charge in [0.1, 0.15) is 11.5 Å². The second-order valence-electron chi connectivity index (χ2n) is 5.77. The molecule has 21 heavy (non-hydrogen) atoms. The zero-order valence-corrected chi connectivity index (χ0v) is 12.5. The van der Waals surface area contributed by atoms with E-state index in [2.05, 4.69) is 10.1 Å². The summed E-state index contributed by atoms with van der Waals surface area (Å²) in [5.41, 5.74) is 1.03. The molecule has 112 valence electrons. The van der Waals surface area contributed by atoms with Crippen molar-refractivity contribution in [1.82, 2.24) is 10.1 Å². The second-order valence-corrected chi connectivity index (χ2v) is 5.77. The number of hydrogen-bond donors (Lipinski definition) is 0. The van der Waals surface area contributed by atoms with Gasteiger partial charge < -0.3 is 9.26 Å². The van der Waals surface area contributed by atoms with E-state index in [-0.39, 0.29) is 0 Å². The summed E-state index contributed by atoms with van der Waals surface area (Å²) >= 11 is 0. The lowest BCUT2D eigenvalue weighted by atomic mass is 9.97. The van der Waals surface area contributed by atoms with Gasteiger partial charge in [-0.05, 0) is 50.9 Å². The average molecular weight is 286 g/mol. The first-order valence-electron chi connectivity index (χ1n) is 7.62. The molecule has 0 spiro atoms. The van der Waals surface area contributed by atoms with Crippen LogP contribution in [-0.2, 0) is 6.54 Å². The fraction of sp³-hybridized carbons (Fsp3) is 0.471. The molecule has 0 saturated carbocycles. The summed E-state index contributed by atoms with van der Waals surface area (Å²) < 4.78 is 11.0. The van der Waals surface area contributed by atoms with Crippen molar-refractivity contribution in [3.8, 4) is 5.75 Å². The molecule has 1 saturated heterocycles. The summed E-state index contributed by atoms with van der Waals surface area (Å²) in [6, 6.07) is 12.1. The van der Waals surface area contributed by atoms with Crippen LogP contribution in [0.5, 0.6) is 5.75 Å². The van der Waals surface area contributed by atoms with E-state index in [1.807, 2.05) is 43.3 Å². The first-order valence-corrected chi connectivity index (χ1v) is 7.62. The summed E-state index contributed by atoms with van der Waals surface area (Å²) in [6.45, 7) is 5.86. The van der Waals surface area contributed by atoms with Crippen molar-refractivity contribution in [2.75, 3.05) is 19.7 Å². The molecule has 0 bridgehead atoms. The Labute approximate surface area is 125 Å². The number of aromatic nitrogens is 1. The Morgan fingerprint density at radius 1 is 1.24 bits per heavy atom. The number of hydrogen-bond acceptors (Lipinski definition) is 4. The van der Waals surface area contributed by atoms with Gasteiger partial charge in [0.2, 0.25) is 0 Å². The molecule has 4 heteroatoms. The Kier molecular flexibility index (Phi) is 4.55. The van der Waals surface area contributed by atoms with E-state index in [1.54, 1.807) is 0 Å². The predicted octanol–water partition coefficient (Wildman–Crippen LogP) is 3.27. The van der Waals surface area contributed by atoms with Crippen LogP contribution in [0.25, 0.3) is 0 Å². The fourth-order valence-corrected chi connectivity index (χ4v) is 2.76. The quantitative estimate of drug-likeness (QED) is 0.845. The third-order valence-corrected chi connectivity index (χ3v) is 4.00. The van der Waals surface area contributed by atoms with Crippen molar-refractivity contribution in [3.63, 3.8) is 0 Å². The molecule has 1 fully saturated rings. The highest BCUT2D eigenvalue weighted by atomic mass is 16.5. The van der Waals surface area contributed by atoms with Crippen molar-refractivity contribution in [1.29, 1.82) is 0 Å². The highest BCUT2D eigenvalue weighted by Crippen LogP contribution is 2.20. The summed E-state index contributed by atoms with van der Waals surface area (Å²) in [7, 11) is 0. The SMILES string of the molecule is Cc1cc(CN2CCC(COc3ccccc3)CC2)no1. The number of ether oxygens (including phenoxy) is 1. The topological polar surface area (TPSA) is 38.5 Å². The molecule has 1 aromatic carbocycles. The first kappa shape index (κ1) is 14.1. The maximum absolute atomic E-state index is 5.86. The van der Waals surface area contributed by atoms with Gasteiger partial charge in [-0.15, -0.1) is 0 Å². The van der Waals surface area contributed by atoms with Crippen LogP contribution in [0.2, 0.25) is 0 Å². The first-order chi connectivity index (χ1) is 10.3. The summed E-state index contributed by atoms with van der Waals surface area (Å²) in [5, 5.41) is 4.06. The van der Waals surface area contributed by atoms with Crippen LogP contribution in [-0.4, -0.2) is 29.8 Å². The van der Waals surface area contributed by atoms with E-state index in [0.717, 1.165) is 43.4 Å². The number of aryl methyl sites for hydroxylation is 1. The van der Waals surface area contributed by atoms with Crippen LogP contribution in [0.3, 0.4) is 0 Å². The molecule has 0 unspecified atom stereocenters. The number of piperidine rings is 1. The third-order valence-electron chi connectivity index (χ3n) is 4.00. The van der Waals surface area contributed by atoms with Crippen LogP contribution >= 0.6 is 0 Å². The number of likely N-dealkylation sites (tertiary alicyclic amines) is 1. The Bertz CT molecular complexity index is 545. The van der Waals surface area contributed by atoms with E-state index < -0.39 is 0 Å². The van der Waals surface area contributed by atoms with Gasteiger partial charge >= 0.3 is 0 Å². The molecule has 3 rings (SSSR count). The van der Waals surface area contributed by atoms with E-state index in [1.165, 1.54) is 12.8 Å². The Balaban J connectivity index is 1.40. The van der Waals surface area contributed by atoms with Crippen molar-refractivity contribution in [2.24, 2.45) is 5.92 Å². The van der Waals surface area contributed by atoms with E-state index in [9.17, 15) is 0 Å². The van der Waals surface area contributed by atoms with Gasteiger partial charge in [-0.3, -0.25) is 4.90 Å². The van der Waals surface area contributed by atoms with Crippen molar-refractivity contribution < 1.29 is 9.26 Å². The van der Waals surface area contributed by atoms with Gasteiger partial charge in [0, 0.05) is 12.6 Å². The molecule has 0 N–H and O–H groups in total. The average Bonchev–Trinajstić information content (AvgIpc) is 2.93. The third kappa shape index (κ3) is 4.08. The van der Waals surface area contributed by atoms with Gasteiger partial charge in [0.15, 0.2) is 0 Å². The lowest BCUT2D eigenvalue weighted by molar-refractivity contribution is 0.134. The van der Waals surface area contributed by atoms with E-state index in [4.69, 9.17) is 9.26 Å². The molecule has 2 heterocycles. The molecule has 0 atom stereocenters. The highest BCUT2D eigenvalue weighted by Gasteiger charge is 2.20. The zero-order chi connectivity index (χ0) is 14.5. The standard InChI is InChI=1S/C17H22N2O2/c1-14-11-16(18-21-14)12-19-9-7-15(8-10-19)13-20-17-5-3-2-4-6-17/h2-6,11,15H,7-10,12-13H2,1H3. The smallest absolute Gasteiger partial charge is 0.133 e. The molecule has 1 aromatic heterocycles. The second kappa shape index (κ2) is 6.76. The Hall–Kier alpha value is -1.81. The predicted molar refractivity (Wildman–Crippen MR) is 81.2 cm³/mol. The van der Waals surface area contributed by atoms with Crippen LogP contribution in [0.1, 0.15) is 24.3 Å². The van der Waals surface area contributed by atoms with Crippen molar-refractivity contribution >= 4 is 0 Å². The molecule has 0 amide bonds. The van der Waals surface area contributed by atoms with Crippen LogP contribution in [0.4, 0.5) is 0 Å². The van der Waals surface area contributed by atoms with Crippen LogP contribution in [0, 0.1) is 12.8 Å². The van der Waals surface area contributed by atoms with Gasteiger partial charge in [0.05, 0.1) is 12.3 Å². The lowest BCUT2D eigenvalue weighted by Crippen LogP contribution is -2.35. The molecule has 1 aliphatic rings. The van der Waals surface area contributed by atoms with Gasteiger partial charge in [-0.25, -0.2) is 0 Å². The number of nitrogens with zero attached hydrogens (tertiary/aromatic N) is 2. The minimum atomic E-state index is 0.653. The normalized spacial score (nSPS) is 17.0. The number of benzene rings is 1. The molecular formula is C17H22N2O2. The molecule has 0 aliphatic carbocycles. The van der Waals surface area contributed by atoms with Crippen molar-refractivity contribution in [3.05, 3.63) is 47.9 Å². The maximum Gasteiger partial charge on any atom is 0.133 e. The van der Waals surface area contributed by atoms with Crippen LogP contribution < -0.4 is 4.74 Å². The van der Waals surface area contributed by atoms with Gasteiger partial charge in [-0.2, -0.15) is 0 Å². The molecule has 2 aromatic rings. The molecule has 4 nitrogen and oxygen atoms in total. The highest BCUT2D eigenvalue weighted by molar-refractivity contribution is 5.20. The Morgan fingerprint density at radius 2 is 2.00 bits per heavy atom. The summed E-state index contributed by atoms with van der Waals surface area (Å²) in [5.74, 6) is 2.51. The lowest BCUT2D eigenvalue weighted by Gasteiger charge is -2.31. The molecule has 0 radical (unpaired) electrons. The maximum atomic E-state index is 5.86. The summed E-state index contributed by atoms with van der Waals surface area (Å²) in [6.07, 6.45) is 2.37. The molecular weight excluding hydrogens is 264 g/mol. The zero-order valence-electron chi connectivity index (χ0n) is 12.5. The minimum absolute atomic E-state index is 0.653. The monoisotopic (exact) mass is 286 g/mol. The van der Waals surface area contributed by atoms with Crippen LogP contribution in [0.15, 0.2) is 40.9 Å². The number of rotatable bonds is 5. The van der Waals surface area contributed by atoms with Gasteiger partial charge in [-0.1, -0.05) is 23.4 Å². The van der Waals surface area contributed by atoms with E-state index in [0.29, 0.717) is 5.92 Å².